The molecule has 0 radical (unpaired) electrons. The molecule has 0 aromatic rings. The first kappa shape index (κ1) is 138. The van der Waals surface area contributed by atoms with Crippen molar-refractivity contribution in [2.24, 2.45) is 16.2 Å². The second-order valence-electron chi connectivity index (χ2n) is 46.0. The lowest BCUT2D eigenvalue weighted by atomic mass is 9.36. The summed E-state index contributed by atoms with van der Waals surface area (Å²) in [5, 5.41) is 24.0. The fraction of sp³-hybridized carbons (Fsp3) is 1.00. The van der Waals surface area contributed by atoms with Crippen molar-refractivity contribution in [3.05, 3.63) is 0 Å². The molecule has 5 nitrogen and oxygen atoms in total. The van der Waals surface area contributed by atoms with Crippen molar-refractivity contribution in [3.63, 3.8) is 0 Å². The van der Waals surface area contributed by atoms with Crippen LogP contribution in [0.3, 0.4) is 0 Å². The molecular formula is C128H265BN2O3. The van der Waals surface area contributed by atoms with Crippen LogP contribution in [0.4, 0.5) is 0 Å². The smallest absolute Gasteiger partial charge is 0.105 e. The molecule has 0 fully saturated rings. The molecule has 0 spiro atoms. The molecule has 6 heteroatoms. The van der Waals surface area contributed by atoms with Crippen LogP contribution in [0.15, 0.2) is 0 Å². The van der Waals surface area contributed by atoms with Crippen molar-refractivity contribution in [3.8, 4) is 0 Å². The van der Waals surface area contributed by atoms with Gasteiger partial charge in [-0.15, -0.1) is 0 Å². The molecule has 0 atom stereocenters. The highest BCUT2D eigenvalue weighted by molar-refractivity contribution is 6.26. The van der Waals surface area contributed by atoms with Crippen LogP contribution in [0.2, 0.25) is 0 Å². The zero-order valence-electron chi connectivity index (χ0n) is 97.1. The minimum absolute atomic E-state index is 0.287. The normalized spacial score (nSPS) is 12.4. The molecule has 0 rings (SSSR count). The Balaban J connectivity index is -0.00000384. The average molecular weight is 1890 g/mol. The third-order valence-electron chi connectivity index (χ3n) is 34.2. The zero-order valence-corrected chi connectivity index (χ0v) is 97.1. The molecule has 0 aliphatic rings. The highest BCUT2D eigenvalue weighted by atomic mass is 16.5. The van der Waals surface area contributed by atoms with Crippen LogP contribution in [0.25, 0.3) is 0 Å². The summed E-state index contributed by atoms with van der Waals surface area (Å²) in [5.74, 6) is 0. The predicted molar refractivity (Wildman–Crippen MR) is 610 cm³/mol. The summed E-state index contributed by atoms with van der Waals surface area (Å²) in [5.41, 5.74) is 1.32. The molecule has 0 aliphatic heterocycles. The topological polar surface area (TPSA) is 66.3 Å². The number of rotatable bonds is 112. The summed E-state index contributed by atoms with van der Waals surface area (Å²) in [4.78, 5) is 0. The van der Waals surface area contributed by atoms with E-state index in [-0.39, 0.29) is 5.54 Å². The molecule has 0 amide bonds. The Morgan fingerprint density at radius 1 is 0.149 bits per heavy atom. The molecular weight excluding hydrogens is 1620 g/mol. The Bertz CT molecular complexity index is 1970. The van der Waals surface area contributed by atoms with E-state index < -0.39 is 7.32 Å². The average Bonchev–Trinajstić information content (AvgIpc) is 0.677. The van der Waals surface area contributed by atoms with E-state index in [4.69, 9.17) is 15.1 Å². The van der Waals surface area contributed by atoms with Gasteiger partial charge in [0.05, 0.1) is 53.1 Å². The van der Waals surface area contributed by atoms with Crippen LogP contribution in [-0.2, 0) is 0 Å². The Labute approximate surface area is 852 Å². The van der Waals surface area contributed by atoms with Gasteiger partial charge in [-0.25, -0.2) is 0 Å². The summed E-state index contributed by atoms with van der Waals surface area (Å²) in [6, 6.07) is 0. The molecule has 0 bridgehead atoms. The minimum Gasteiger partial charge on any atom is -0.871 e. The lowest BCUT2D eigenvalue weighted by Gasteiger charge is -2.72. The van der Waals surface area contributed by atoms with Gasteiger partial charge in [-0.3, -0.25) is 0 Å². The fourth-order valence-corrected chi connectivity index (χ4v) is 26.1. The summed E-state index contributed by atoms with van der Waals surface area (Å²) < 4.78 is 3.04. The van der Waals surface area contributed by atoms with E-state index in [9.17, 15) is 0 Å². The van der Waals surface area contributed by atoms with E-state index in [1.165, 1.54) is 641 Å². The molecule has 134 heavy (non-hydrogen) atoms. The third-order valence-corrected chi connectivity index (χ3v) is 34.2. The Kier molecular flexibility index (Phi) is 110. The van der Waals surface area contributed by atoms with Crippen LogP contribution in [0.5, 0.6) is 0 Å². The van der Waals surface area contributed by atoms with Gasteiger partial charge in [-0.05, 0) is 159 Å². The maximum atomic E-state index is 8.53. The van der Waals surface area contributed by atoms with Gasteiger partial charge in [-0.2, -0.15) is 0 Å². The van der Waals surface area contributed by atoms with Gasteiger partial charge in [0.2, 0.25) is 0 Å². The number of hydrogen-bond acceptors (Lipinski definition) is 3. The van der Waals surface area contributed by atoms with Crippen molar-refractivity contribution in [1.82, 2.24) is 0 Å². The van der Waals surface area contributed by atoms with E-state index >= 15 is 0 Å². The standard InChI is InChI=1S/C96H196N.C32H68N.BHO3/c1-13-25-37-48-59-70-82-93(81-36-24-12,83-71-60-49-38-26-14-2)94(84-72-61-50-39-27-15-3,85-73-62-51-40-28-16-4)95(86-74-63-52-41-29-17-5,87-75-64-53-42-30-18-6)96(88-76-65-54-43-31-19-7,89-77-66-55-44-32-20-8)97(90-78-67-56-45-33-21-9,91-79-68-57-46-34-22-10)92-80-69-58-47-35-23-11;1-5-9-13-17-21-25-29-33(30-26-22-18-14-10-6-2,31-27-23-19-15-11-7-3)32-28-24-20-16-12-8-4;2-1(3)4/h13-92H2,1-12H3;5-32H2,1-4H3;2H/q2*+1;-2. The molecule has 1 N–H and O–H groups in total. The van der Waals surface area contributed by atoms with Crippen LogP contribution in [0.1, 0.15) is 759 Å². The predicted octanol–water partition coefficient (Wildman–Crippen LogP) is 43.7. The van der Waals surface area contributed by atoms with Crippen molar-refractivity contribution < 1.29 is 24.0 Å². The molecule has 0 saturated carbocycles. The molecule has 0 aliphatic carbocycles. The van der Waals surface area contributed by atoms with E-state index in [0.29, 0.717) is 16.2 Å². The van der Waals surface area contributed by atoms with Crippen molar-refractivity contribution in [2.45, 2.75) is 765 Å². The lowest BCUT2D eigenvalue weighted by Crippen LogP contribution is -2.77. The second-order valence-corrected chi connectivity index (χ2v) is 46.0. The Hall–Kier alpha value is -0.135. The molecule has 808 valence electrons. The first-order chi connectivity index (χ1) is 65.7. The van der Waals surface area contributed by atoms with E-state index in [1.807, 2.05) is 0 Å². The Morgan fingerprint density at radius 2 is 0.276 bits per heavy atom. The highest BCUT2D eigenvalue weighted by Gasteiger charge is 2.72. The SMILES string of the molecule is CCCCCCCCC(CCCC)(CCCCCCCC)C(CCCCCCCC)(CCCCCCCC)C(CCCCCCCC)(CCCCCCCC)C(CCCCCCCC)(CCCCCCCC)[N+](CCCCCCCC)(CCCCCCCC)CCCCCCCC.CCCCCCCC[N+](CCCCCCCC)(CCCCCCCC)CCCCCCCC.[O-]B([O-])O. The lowest BCUT2D eigenvalue weighted by molar-refractivity contribution is -0.988. The molecule has 0 aromatic carbocycles. The quantitative estimate of drug-likeness (QED) is 0.0375. The maximum absolute atomic E-state index is 8.53. The van der Waals surface area contributed by atoms with E-state index in [2.05, 4.69) is 111 Å². The highest BCUT2D eigenvalue weighted by Crippen LogP contribution is 2.74. The van der Waals surface area contributed by atoms with Gasteiger partial charge < -0.3 is 24.0 Å². The summed E-state index contributed by atoms with van der Waals surface area (Å²) in [7, 11) is -2.67. The van der Waals surface area contributed by atoms with Gasteiger partial charge in [0.15, 0.2) is 0 Å². The molecule has 0 aromatic heterocycles. The number of unbranched alkanes of at least 4 members (excludes halogenated alkanes) is 76. The number of quaternary nitrogens is 2. The van der Waals surface area contributed by atoms with Crippen LogP contribution < -0.4 is 10.0 Å². The van der Waals surface area contributed by atoms with E-state index in [0.717, 1.165) is 0 Å². The second kappa shape index (κ2) is 107. The minimum atomic E-state index is -2.67. The molecule has 0 saturated heterocycles. The van der Waals surface area contributed by atoms with Gasteiger partial charge in [-0.1, -0.05) is 599 Å². The molecule has 0 heterocycles. The zero-order chi connectivity index (χ0) is 98.9. The van der Waals surface area contributed by atoms with Crippen LogP contribution in [-0.4, -0.2) is 72.7 Å². The number of nitrogens with zero attached hydrogens (tertiary/aromatic N) is 2. The van der Waals surface area contributed by atoms with Gasteiger partial charge in [0, 0.05) is 18.3 Å². The van der Waals surface area contributed by atoms with Gasteiger partial charge >= 0.3 is 0 Å². The summed E-state index contributed by atoms with van der Waals surface area (Å²) in [6.07, 6.45) is 148. The van der Waals surface area contributed by atoms with Gasteiger partial charge in [0.25, 0.3) is 0 Å². The van der Waals surface area contributed by atoms with Gasteiger partial charge in [0.1, 0.15) is 5.54 Å². The first-order valence-electron chi connectivity index (χ1n) is 64.4. The molecule has 0 unspecified atom stereocenters. The van der Waals surface area contributed by atoms with Crippen molar-refractivity contribution in [2.75, 3.05) is 45.8 Å². The van der Waals surface area contributed by atoms with Crippen LogP contribution >= 0.6 is 0 Å². The number of hydrogen-bond donors (Lipinski definition) is 1. The maximum Gasteiger partial charge on any atom is 0.105 e. The van der Waals surface area contributed by atoms with Crippen LogP contribution in [0, 0.1) is 16.2 Å². The summed E-state index contributed by atoms with van der Waals surface area (Å²) in [6.45, 7) is 49.7. The summed E-state index contributed by atoms with van der Waals surface area (Å²) >= 11 is 0. The van der Waals surface area contributed by atoms with Crippen molar-refractivity contribution >= 4 is 7.32 Å². The van der Waals surface area contributed by atoms with Crippen molar-refractivity contribution in [1.29, 1.82) is 0 Å². The first-order valence-corrected chi connectivity index (χ1v) is 64.4. The third kappa shape index (κ3) is 73.0. The Morgan fingerprint density at radius 3 is 0.455 bits per heavy atom. The largest absolute Gasteiger partial charge is 0.871 e. The fourth-order valence-electron chi connectivity index (χ4n) is 26.1. The monoisotopic (exact) mass is 1890 g/mol. The van der Waals surface area contributed by atoms with E-state index in [1.54, 1.807) is 62.3 Å².